The first-order chi connectivity index (χ1) is 4.93. The van der Waals surface area contributed by atoms with Gasteiger partial charge in [0, 0.05) is 4.88 Å². The van der Waals surface area contributed by atoms with Crippen LogP contribution in [0, 0.1) is 0 Å². The fourth-order valence-electron chi connectivity index (χ4n) is 1.00. The van der Waals surface area contributed by atoms with Gasteiger partial charge in [0.05, 0.1) is 0 Å². The van der Waals surface area contributed by atoms with Crippen LogP contribution < -0.4 is 0 Å². The lowest BCUT2D eigenvalue weighted by atomic mass is 10.2. The minimum atomic E-state index is 0. The summed E-state index contributed by atoms with van der Waals surface area (Å²) in [5.41, 5.74) is 0. The molecule has 1 aromatic rings. The standard InChI is InChI=1S/C9H14S.ClH/c1-2-3-4-6-9-7-5-8-10-9;/h5,7-8H,2-4,6H2,1H3;1H. The van der Waals surface area contributed by atoms with Gasteiger partial charge in [0.2, 0.25) is 0 Å². The first-order valence-electron chi connectivity index (χ1n) is 3.96. The highest BCUT2D eigenvalue weighted by Crippen LogP contribution is 2.12. The zero-order valence-corrected chi connectivity index (χ0v) is 8.51. The van der Waals surface area contributed by atoms with Gasteiger partial charge in [-0.05, 0) is 24.3 Å². The monoisotopic (exact) mass is 190 g/mol. The molecule has 0 aliphatic heterocycles. The van der Waals surface area contributed by atoms with Crippen LogP contribution in [0.3, 0.4) is 0 Å². The molecule has 0 nitrogen and oxygen atoms in total. The average molecular weight is 191 g/mol. The van der Waals surface area contributed by atoms with E-state index in [1.165, 1.54) is 30.6 Å². The molecular weight excluding hydrogens is 176 g/mol. The summed E-state index contributed by atoms with van der Waals surface area (Å²) in [6.45, 7) is 2.24. The third-order valence-electron chi connectivity index (χ3n) is 1.61. The van der Waals surface area contributed by atoms with Gasteiger partial charge in [-0.2, -0.15) is 0 Å². The second kappa shape index (κ2) is 6.68. The van der Waals surface area contributed by atoms with E-state index in [9.17, 15) is 0 Å². The van der Waals surface area contributed by atoms with Gasteiger partial charge in [0.1, 0.15) is 0 Å². The molecule has 2 heteroatoms. The maximum atomic E-state index is 2.24. The van der Waals surface area contributed by atoms with E-state index < -0.39 is 0 Å². The number of hydrogen-bond donors (Lipinski definition) is 0. The number of rotatable bonds is 4. The van der Waals surface area contributed by atoms with Gasteiger partial charge in [-0.25, -0.2) is 0 Å². The fourth-order valence-corrected chi connectivity index (χ4v) is 1.76. The summed E-state index contributed by atoms with van der Waals surface area (Å²) >= 11 is 1.87. The van der Waals surface area contributed by atoms with Crippen LogP contribution in [0.2, 0.25) is 0 Å². The van der Waals surface area contributed by atoms with Crippen LogP contribution >= 0.6 is 23.7 Å². The van der Waals surface area contributed by atoms with Crippen LogP contribution in [0.4, 0.5) is 0 Å². The lowest BCUT2D eigenvalue weighted by Gasteiger charge is -1.93. The average Bonchev–Trinajstić information content (AvgIpc) is 2.41. The van der Waals surface area contributed by atoms with Crippen molar-refractivity contribution in [3.8, 4) is 0 Å². The Kier molecular flexibility index (Phi) is 6.68. The van der Waals surface area contributed by atoms with Gasteiger partial charge in [0.15, 0.2) is 0 Å². The van der Waals surface area contributed by atoms with Crippen molar-refractivity contribution in [1.82, 2.24) is 0 Å². The fraction of sp³-hybridized carbons (Fsp3) is 0.556. The van der Waals surface area contributed by atoms with Crippen molar-refractivity contribution >= 4 is 23.7 Å². The van der Waals surface area contributed by atoms with Gasteiger partial charge in [0.25, 0.3) is 0 Å². The minimum Gasteiger partial charge on any atom is -0.149 e. The van der Waals surface area contributed by atoms with Crippen LogP contribution in [0.15, 0.2) is 17.5 Å². The van der Waals surface area contributed by atoms with Gasteiger partial charge < -0.3 is 0 Å². The van der Waals surface area contributed by atoms with Crippen molar-refractivity contribution in [3.05, 3.63) is 22.4 Å². The second-order valence-electron chi connectivity index (χ2n) is 2.54. The summed E-state index contributed by atoms with van der Waals surface area (Å²) in [4.78, 5) is 1.54. The van der Waals surface area contributed by atoms with Crippen LogP contribution in [-0.2, 0) is 6.42 Å². The van der Waals surface area contributed by atoms with E-state index in [1.807, 2.05) is 11.3 Å². The van der Waals surface area contributed by atoms with Crippen molar-refractivity contribution in [2.24, 2.45) is 0 Å². The highest BCUT2D eigenvalue weighted by molar-refractivity contribution is 7.09. The summed E-state index contributed by atoms with van der Waals surface area (Å²) in [5.74, 6) is 0. The molecule has 0 saturated heterocycles. The Balaban J connectivity index is 0.000001000. The van der Waals surface area contributed by atoms with Crippen LogP contribution in [0.1, 0.15) is 31.1 Å². The third-order valence-corrected chi connectivity index (χ3v) is 2.54. The van der Waals surface area contributed by atoms with E-state index in [1.54, 1.807) is 0 Å². The van der Waals surface area contributed by atoms with Crippen LogP contribution in [0.25, 0.3) is 0 Å². The SMILES string of the molecule is CCCCCc1cccs1.Cl. The van der Waals surface area contributed by atoms with E-state index in [2.05, 4.69) is 24.4 Å². The molecule has 0 amide bonds. The Morgan fingerprint density at radius 3 is 2.73 bits per heavy atom. The smallest absolute Gasteiger partial charge is 0.00452 e. The van der Waals surface area contributed by atoms with Crippen molar-refractivity contribution < 1.29 is 0 Å². The maximum Gasteiger partial charge on any atom is 0.00452 e. The maximum absolute atomic E-state index is 2.24. The predicted molar refractivity (Wildman–Crippen MR) is 54.8 cm³/mol. The number of aryl methyl sites for hydroxylation is 1. The van der Waals surface area contributed by atoms with E-state index in [-0.39, 0.29) is 12.4 Å². The summed E-state index contributed by atoms with van der Waals surface area (Å²) < 4.78 is 0. The molecule has 0 saturated carbocycles. The molecule has 64 valence electrons. The summed E-state index contributed by atoms with van der Waals surface area (Å²) in [7, 11) is 0. The molecule has 0 unspecified atom stereocenters. The molecule has 0 N–H and O–H groups in total. The molecule has 11 heavy (non-hydrogen) atoms. The molecule has 1 aromatic heterocycles. The molecule has 0 spiro atoms. The number of unbranched alkanes of at least 4 members (excludes halogenated alkanes) is 2. The van der Waals surface area contributed by atoms with Gasteiger partial charge in [-0.1, -0.05) is 25.8 Å². The summed E-state index contributed by atoms with van der Waals surface area (Å²) in [5, 5.41) is 2.15. The van der Waals surface area contributed by atoms with E-state index >= 15 is 0 Å². The predicted octanol–water partition coefficient (Wildman–Crippen LogP) is 3.90. The highest BCUT2D eigenvalue weighted by Gasteiger charge is 1.91. The zero-order chi connectivity index (χ0) is 7.23. The molecule has 0 atom stereocenters. The Bertz CT molecular complexity index is 158. The van der Waals surface area contributed by atoms with Crippen molar-refractivity contribution in [1.29, 1.82) is 0 Å². The topological polar surface area (TPSA) is 0 Å². The summed E-state index contributed by atoms with van der Waals surface area (Å²) in [6.07, 6.45) is 5.34. The normalized spacial score (nSPS) is 9.18. The highest BCUT2D eigenvalue weighted by atomic mass is 35.5. The van der Waals surface area contributed by atoms with E-state index in [0.29, 0.717) is 0 Å². The number of thiophene rings is 1. The van der Waals surface area contributed by atoms with Crippen LogP contribution in [0.5, 0.6) is 0 Å². The van der Waals surface area contributed by atoms with Crippen molar-refractivity contribution in [3.63, 3.8) is 0 Å². The molecule has 1 rings (SSSR count). The molecule has 0 aromatic carbocycles. The van der Waals surface area contributed by atoms with Gasteiger partial charge >= 0.3 is 0 Å². The zero-order valence-electron chi connectivity index (χ0n) is 6.88. The molecular formula is C9H15ClS. The van der Waals surface area contributed by atoms with Crippen molar-refractivity contribution in [2.45, 2.75) is 32.6 Å². The molecule has 0 aliphatic rings. The summed E-state index contributed by atoms with van der Waals surface area (Å²) in [6, 6.07) is 4.35. The van der Waals surface area contributed by atoms with Gasteiger partial charge in [-0.3, -0.25) is 0 Å². The molecule has 0 fully saturated rings. The Labute approximate surface area is 79.0 Å². The first kappa shape index (κ1) is 11.0. The van der Waals surface area contributed by atoms with Crippen molar-refractivity contribution in [2.75, 3.05) is 0 Å². The largest absolute Gasteiger partial charge is 0.149 e. The molecule has 1 heterocycles. The molecule has 0 radical (unpaired) electrons. The molecule has 0 aliphatic carbocycles. The lowest BCUT2D eigenvalue weighted by molar-refractivity contribution is 0.722. The molecule has 0 bridgehead atoms. The number of halogens is 1. The van der Waals surface area contributed by atoms with E-state index in [4.69, 9.17) is 0 Å². The third kappa shape index (κ3) is 4.44. The quantitative estimate of drug-likeness (QED) is 0.632. The van der Waals surface area contributed by atoms with Gasteiger partial charge in [-0.15, -0.1) is 23.7 Å². The minimum absolute atomic E-state index is 0. The van der Waals surface area contributed by atoms with Crippen LogP contribution in [-0.4, -0.2) is 0 Å². The second-order valence-corrected chi connectivity index (χ2v) is 3.57. The Morgan fingerprint density at radius 2 is 2.18 bits per heavy atom. The lowest BCUT2D eigenvalue weighted by Crippen LogP contribution is -1.78. The van der Waals surface area contributed by atoms with E-state index in [0.717, 1.165) is 0 Å². The number of hydrogen-bond acceptors (Lipinski definition) is 1. The first-order valence-corrected chi connectivity index (χ1v) is 4.84. The Hall–Kier alpha value is -0.0100. The Morgan fingerprint density at radius 1 is 1.36 bits per heavy atom.